The molecule has 2 aliphatic carbocycles. The lowest BCUT2D eigenvalue weighted by Gasteiger charge is -2.42. The summed E-state index contributed by atoms with van der Waals surface area (Å²) in [5.74, 6) is 0. The highest BCUT2D eigenvalue weighted by Gasteiger charge is 2.39. The Kier molecular flexibility index (Phi) is 2.84. The minimum atomic E-state index is 0.472. The second kappa shape index (κ2) is 4.59. The van der Waals surface area contributed by atoms with Crippen molar-refractivity contribution < 1.29 is 0 Å². The second-order valence-corrected chi connectivity index (χ2v) is 6.77. The first-order chi connectivity index (χ1) is 9.76. The van der Waals surface area contributed by atoms with Gasteiger partial charge in [0.1, 0.15) is 0 Å². The summed E-state index contributed by atoms with van der Waals surface area (Å²) in [4.78, 5) is 0. The molecule has 0 unspecified atom stereocenters. The number of aromatic nitrogens is 2. The number of aryl methyl sites for hydroxylation is 1. The first-order valence-corrected chi connectivity index (χ1v) is 7.90. The number of hydrogen-bond acceptors (Lipinski definition) is 2. The lowest BCUT2D eigenvalue weighted by Crippen LogP contribution is -2.42. The number of nitrogens with one attached hydrogen (secondary N) is 1. The van der Waals surface area contributed by atoms with Gasteiger partial charge in [0.2, 0.25) is 0 Å². The van der Waals surface area contributed by atoms with Crippen LogP contribution in [0.25, 0.3) is 10.9 Å². The van der Waals surface area contributed by atoms with Crippen molar-refractivity contribution in [3.8, 4) is 0 Å². The predicted octanol–water partition coefficient (Wildman–Crippen LogP) is 3.04. The Bertz CT molecular complexity index is 620. The zero-order chi connectivity index (χ0) is 13.6. The third-order valence-corrected chi connectivity index (χ3v) is 5.13. The van der Waals surface area contributed by atoms with Crippen molar-refractivity contribution in [1.29, 1.82) is 0 Å². The largest absolute Gasteiger partial charge is 0.313 e. The molecule has 0 radical (unpaired) electrons. The Morgan fingerprint density at radius 3 is 2.80 bits per heavy atom. The van der Waals surface area contributed by atoms with Gasteiger partial charge in [0, 0.05) is 25.0 Å². The lowest BCUT2D eigenvalue weighted by atomic mass is 9.66. The molecule has 0 amide bonds. The molecule has 0 atom stereocenters. The van der Waals surface area contributed by atoms with Crippen molar-refractivity contribution in [3.05, 3.63) is 30.0 Å². The third kappa shape index (κ3) is 2.14. The highest BCUT2D eigenvalue weighted by molar-refractivity contribution is 5.81. The summed E-state index contributed by atoms with van der Waals surface area (Å²) in [5.41, 5.74) is 3.02. The van der Waals surface area contributed by atoms with E-state index in [1.54, 1.807) is 0 Å². The molecule has 0 saturated heterocycles. The average molecular weight is 269 g/mol. The second-order valence-electron chi connectivity index (χ2n) is 6.77. The molecule has 2 fully saturated rings. The van der Waals surface area contributed by atoms with Gasteiger partial charge in [-0.2, -0.15) is 5.10 Å². The van der Waals surface area contributed by atoms with Gasteiger partial charge in [-0.1, -0.05) is 24.6 Å². The van der Waals surface area contributed by atoms with Crippen molar-refractivity contribution in [1.82, 2.24) is 15.1 Å². The fourth-order valence-electron chi connectivity index (χ4n) is 3.52. The van der Waals surface area contributed by atoms with Crippen LogP contribution in [0.1, 0.15) is 37.8 Å². The fourth-order valence-corrected chi connectivity index (χ4v) is 3.52. The summed E-state index contributed by atoms with van der Waals surface area (Å²) in [6, 6.07) is 9.43. The van der Waals surface area contributed by atoms with Crippen molar-refractivity contribution >= 4 is 10.9 Å². The average Bonchev–Trinajstić information content (AvgIpc) is 3.19. The number of fused-ring (bicyclic) bond motifs is 1. The quantitative estimate of drug-likeness (QED) is 0.904. The van der Waals surface area contributed by atoms with Gasteiger partial charge in [0.05, 0.1) is 11.2 Å². The van der Waals surface area contributed by atoms with Crippen LogP contribution in [0.2, 0.25) is 0 Å². The molecule has 20 heavy (non-hydrogen) atoms. The zero-order valence-corrected chi connectivity index (χ0v) is 12.2. The fraction of sp³-hybridized carbons (Fsp3) is 0.588. The van der Waals surface area contributed by atoms with E-state index in [0.717, 1.165) is 12.5 Å². The van der Waals surface area contributed by atoms with E-state index in [9.17, 15) is 0 Å². The van der Waals surface area contributed by atoms with Gasteiger partial charge in [-0.3, -0.25) is 4.68 Å². The molecule has 1 heterocycles. The standard InChI is InChI=1S/C17H23N3/c1-20-16-6-3-2-5-14(16)15(19-20)11-17(9-4-10-17)12-18-13-7-8-13/h2-3,5-6,13,18H,4,7-12H2,1H3. The summed E-state index contributed by atoms with van der Waals surface area (Å²) >= 11 is 0. The molecule has 1 aromatic carbocycles. The molecule has 3 nitrogen and oxygen atoms in total. The first-order valence-electron chi connectivity index (χ1n) is 7.90. The smallest absolute Gasteiger partial charge is 0.0709 e. The van der Waals surface area contributed by atoms with Gasteiger partial charge >= 0.3 is 0 Å². The van der Waals surface area contributed by atoms with E-state index < -0.39 is 0 Å². The van der Waals surface area contributed by atoms with Crippen LogP contribution in [0, 0.1) is 5.41 Å². The molecule has 0 aliphatic heterocycles. The molecule has 3 heteroatoms. The molecule has 2 aromatic rings. The van der Waals surface area contributed by atoms with Gasteiger partial charge in [-0.25, -0.2) is 0 Å². The van der Waals surface area contributed by atoms with Gasteiger partial charge in [0.25, 0.3) is 0 Å². The Morgan fingerprint density at radius 2 is 2.10 bits per heavy atom. The van der Waals surface area contributed by atoms with E-state index in [1.807, 2.05) is 4.68 Å². The van der Waals surface area contributed by atoms with Crippen LogP contribution in [0.5, 0.6) is 0 Å². The predicted molar refractivity (Wildman–Crippen MR) is 81.7 cm³/mol. The molecule has 0 spiro atoms. The van der Waals surface area contributed by atoms with Crippen molar-refractivity contribution in [2.75, 3.05) is 6.54 Å². The van der Waals surface area contributed by atoms with Crippen molar-refractivity contribution in [2.24, 2.45) is 12.5 Å². The van der Waals surface area contributed by atoms with E-state index >= 15 is 0 Å². The minimum absolute atomic E-state index is 0.472. The van der Waals surface area contributed by atoms with Crippen LogP contribution in [0.15, 0.2) is 24.3 Å². The van der Waals surface area contributed by atoms with E-state index in [2.05, 4.69) is 36.6 Å². The molecular weight excluding hydrogens is 246 g/mol. The highest BCUT2D eigenvalue weighted by Crippen LogP contribution is 2.44. The first kappa shape index (κ1) is 12.4. The molecule has 2 aliphatic rings. The normalized spacial score (nSPS) is 21.1. The van der Waals surface area contributed by atoms with Gasteiger partial charge in [-0.05, 0) is 43.6 Å². The summed E-state index contributed by atoms with van der Waals surface area (Å²) in [6.07, 6.45) is 7.99. The third-order valence-electron chi connectivity index (χ3n) is 5.13. The number of benzene rings is 1. The number of nitrogens with zero attached hydrogens (tertiary/aromatic N) is 2. The van der Waals surface area contributed by atoms with Gasteiger partial charge < -0.3 is 5.32 Å². The molecule has 1 aromatic heterocycles. The SMILES string of the molecule is Cn1nc(CC2(CNC3CC3)CCC2)c2ccccc21. The molecule has 106 valence electrons. The van der Waals surface area contributed by atoms with Crippen LogP contribution in [-0.4, -0.2) is 22.4 Å². The number of rotatable bonds is 5. The Hall–Kier alpha value is -1.35. The summed E-state index contributed by atoms with van der Waals surface area (Å²) in [6.45, 7) is 1.18. The van der Waals surface area contributed by atoms with E-state index in [4.69, 9.17) is 5.10 Å². The maximum absolute atomic E-state index is 4.79. The summed E-state index contributed by atoms with van der Waals surface area (Å²) in [5, 5.41) is 9.87. The van der Waals surface area contributed by atoms with Crippen LogP contribution in [0.4, 0.5) is 0 Å². The van der Waals surface area contributed by atoms with Crippen molar-refractivity contribution in [3.63, 3.8) is 0 Å². The minimum Gasteiger partial charge on any atom is -0.313 e. The number of hydrogen-bond donors (Lipinski definition) is 1. The Labute approximate surface area is 120 Å². The van der Waals surface area contributed by atoms with Crippen LogP contribution >= 0.6 is 0 Å². The lowest BCUT2D eigenvalue weighted by molar-refractivity contribution is 0.128. The Morgan fingerprint density at radius 1 is 1.30 bits per heavy atom. The van der Waals surface area contributed by atoms with Gasteiger partial charge in [0.15, 0.2) is 0 Å². The Balaban J connectivity index is 1.58. The zero-order valence-electron chi connectivity index (χ0n) is 12.2. The summed E-state index contributed by atoms with van der Waals surface area (Å²) < 4.78 is 2.03. The number of para-hydroxylation sites is 1. The topological polar surface area (TPSA) is 29.9 Å². The maximum Gasteiger partial charge on any atom is 0.0709 e. The van der Waals surface area contributed by atoms with Crippen LogP contribution in [0.3, 0.4) is 0 Å². The molecule has 1 N–H and O–H groups in total. The van der Waals surface area contributed by atoms with Gasteiger partial charge in [-0.15, -0.1) is 0 Å². The van der Waals surface area contributed by atoms with Crippen LogP contribution in [-0.2, 0) is 13.5 Å². The molecule has 2 saturated carbocycles. The maximum atomic E-state index is 4.79. The van der Waals surface area contributed by atoms with E-state index in [-0.39, 0.29) is 0 Å². The van der Waals surface area contributed by atoms with Crippen LogP contribution < -0.4 is 5.32 Å². The highest BCUT2D eigenvalue weighted by atomic mass is 15.3. The molecule has 0 bridgehead atoms. The van der Waals surface area contributed by atoms with Crippen molar-refractivity contribution in [2.45, 2.75) is 44.6 Å². The molecular formula is C17H23N3. The molecule has 4 rings (SSSR count). The van der Waals surface area contributed by atoms with E-state index in [0.29, 0.717) is 5.41 Å². The summed E-state index contributed by atoms with van der Waals surface area (Å²) in [7, 11) is 2.06. The van der Waals surface area contributed by atoms with E-state index in [1.165, 1.54) is 55.2 Å². The monoisotopic (exact) mass is 269 g/mol.